The van der Waals surface area contributed by atoms with Crippen molar-refractivity contribution in [3.63, 3.8) is 0 Å². The predicted octanol–water partition coefficient (Wildman–Crippen LogP) is 10.2. The number of furan rings is 2. The third-order valence-corrected chi connectivity index (χ3v) is 7.65. The molecule has 3 heteroatoms. The van der Waals surface area contributed by atoms with E-state index in [2.05, 4.69) is 103 Å². The third-order valence-electron chi connectivity index (χ3n) is 7.65. The molecular formula is C35H35NO2. The molecule has 0 fully saturated rings. The van der Waals surface area contributed by atoms with Gasteiger partial charge in [0.1, 0.15) is 22.7 Å². The van der Waals surface area contributed by atoms with Crippen molar-refractivity contribution >= 4 is 32.7 Å². The molecule has 3 aromatic heterocycles. The fourth-order valence-corrected chi connectivity index (χ4v) is 5.83. The smallest absolute Gasteiger partial charge is 0.138 e. The molecule has 0 aliphatic heterocycles. The summed E-state index contributed by atoms with van der Waals surface area (Å²) in [4.78, 5) is 4.89. The van der Waals surface area contributed by atoms with E-state index in [1.807, 2.05) is 12.3 Å². The lowest BCUT2D eigenvalue weighted by atomic mass is 9.82. The van der Waals surface area contributed by atoms with Crippen molar-refractivity contribution in [1.82, 2.24) is 4.98 Å². The van der Waals surface area contributed by atoms with Crippen molar-refractivity contribution in [3.05, 3.63) is 89.3 Å². The Bertz CT molecular complexity index is 1820. The first-order valence-corrected chi connectivity index (χ1v) is 13.6. The van der Waals surface area contributed by atoms with E-state index in [9.17, 15) is 0 Å². The zero-order valence-electron chi connectivity index (χ0n) is 23.4. The molecule has 0 aliphatic carbocycles. The standard InChI is InChI=1S/C35H35NO2/c1-20(2)16-28-22(4)37-31-19-24(12-13-27(28)31)34-21(3)32-30(38-34)14-15-36-33(32)25-17-23-10-8-9-11-26(23)29(18-25)35(5,6)7/h8-15,17-20H,16H2,1-7H3. The van der Waals surface area contributed by atoms with Crippen molar-refractivity contribution in [2.75, 3.05) is 0 Å². The summed E-state index contributed by atoms with van der Waals surface area (Å²) in [5.41, 5.74) is 8.59. The van der Waals surface area contributed by atoms with Crippen LogP contribution in [0.25, 0.3) is 55.3 Å². The Balaban J connectivity index is 1.53. The SMILES string of the molecule is Cc1oc2cc(-c3oc4ccnc(-c5cc(C(C)(C)C)c6ccccc6c5)c4c3C)ccc2c1CC(C)C. The van der Waals surface area contributed by atoms with Crippen LogP contribution < -0.4 is 0 Å². The molecule has 0 saturated carbocycles. The number of benzene rings is 3. The van der Waals surface area contributed by atoms with E-state index in [1.165, 1.54) is 27.3 Å². The van der Waals surface area contributed by atoms with E-state index in [0.717, 1.165) is 56.9 Å². The van der Waals surface area contributed by atoms with Gasteiger partial charge in [-0.2, -0.15) is 0 Å². The minimum absolute atomic E-state index is 0.00508. The van der Waals surface area contributed by atoms with Crippen molar-refractivity contribution in [3.8, 4) is 22.6 Å². The lowest BCUT2D eigenvalue weighted by Crippen LogP contribution is -2.12. The zero-order valence-corrected chi connectivity index (χ0v) is 23.4. The highest BCUT2D eigenvalue weighted by atomic mass is 16.3. The molecule has 192 valence electrons. The molecule has 6 aromatic rings. The van der Waals surface area contributed by atoms with E-state index >= 15 is 0 Å². The summed E-state index contributed by atoms with van der Waals surface area (Å²) in [7, 11) is 0. The van der Waals surface area contributed by atoms with Crippen molar-refractivity contribution in [2.24, 2.45) is 5.92 Å². The minimum atomic E-state index is 0.00508. The van der Waals surface area contributed by atoms with Crippen molar-refractivity contribution in [1.29, 1.82) is 0 Å². The van der Waals surface area contributed by atoms with E-state index < -0.39 is 0 Å². The van der Waals surface area contributed by atoms with Gasteiger partial charge in [0.2, 0.25) is 0 Å². The number of aromatic nitrogens is 1. The monoisotopic (exact) mass is 501 g/mol. The Kier molecular flexibility index (Phi) is 5.72. The van der Waals surface area contributed by atoms with Crippen LogP contribution in [0.3, 0.4) is 0 Å². The molecule has 38 heavy (non-hydrogen) atoms. The summed E-state index contributed by atoms with van der Waals surface area (Å²) in [5, 5.41) is 4.78. The Morgan fingerprint density at radius 2 is 1.61 bits per heavy atom. The first kappa shape index (κ1) is 24.5. The van der Waals surface area contributed by atoms with Crippen LogP contribution in [0.5, 0.6) is 0 Å². The first-order valence-electron chi connectivity index (χ1n) is 13.6. The number of pyridine rings is 1. The second-order valence-corrected chi connectivity index (χ2v) is 12.0. The predicted molar refractivity (Wildman–Crippen MR) is 159 cm³/mol. The molecule has 6 rings (SSSR count). The number of nitrogens with zero attached hydrogens (tertiary/aromatic N) is 1. The van der Waals surface area contributed by atoms with Gasteiger partial charge in [-0.15, -0.1) is 0 Å². The maximum atomic E-state index is 6.50. The lowest BCUT2D eigenvalue weighted by Gasteiger charge is -2.22. The Morgan fingerprint density at radius 1 is 0.816 bits per heavy atom. The van der Waals surface area contributed by atoms with Crippen LogP contribution >= 0.6 is 0 Å². The van der Waals surface area contributed by atoms with E-state index in [4.69, 9.17) is 13.8 Å². The van der Waals surface area contributed by atoms with Crippen LogP contribution in [0.1, 0.15) is 57.1 Å². The number of fused-ring (bicyclic) bond motifs is 3. The van der Waals surface area contributed by atoms with Gasteiger partial charge in [0.05, 0.1) is 11.1 Å². The zero-order chi connectivity index (χ0) is 26.8. The van der Waals surface area contributed by atoms with Gasteiger partial charge in [-0.3, -0.25) is 4.98 Å². The highest BCUT2D eigenvalue weighted by Crippen LogP contribution is 2.41. The maximum Gasteiger partial charge on any atom is 0.138 e. The summed E-state index contributed by atoms with van der Waals surface area (Å²) in [6, 6.07) is 21.6. The molecule has 0 N–H and O–H groups in total. The number of hydrogen-bond acceptors (Lipinski definition) is 3. The van der Waals surface area contributed by atoms with Gasteiger partial charge < -0.3 is 8.83 Å². The molecule has 0 saturated heterocycles. The van der Waals surface area contributed by atoms with Gasteiger partial charge in [-0.05, 0) is 72.2 Å². The summed E-state index contributed by atoms with van der Waals surface area (Å²) in [6.07, 6.45) is 2.87. The van der Waals surface area contributed by atoms with Crippen molar-refractivity contribution < 1.29 is 8.83 Å². The quantitative estimate of drug-likeness (QED) is 0.241. The molecule has 0 bridgehead atoms. The number of aryl methyl sites for hydroxylation is 2. The second-order valence-electron chi connectivity index (χ2n) is 12.0. The highest BCUT2D eigenvalue weighted by Gasteiger charge is 2.22. The Hall–Kier alpha value is -3.85. The maximum absolute atomic E-state index is 6.50. The Morgan fingerprint density at radius 3 is 2.37 bits per heavy atom. The summed E-state index contributed by atoms with van der Waals surface area (Å²) in [5.74, 6) is 2.45. The average Bonchev–Trinajstić information content (AvgIpc) is 3.38. The first-order chi connectivity index (χ1) is 18.1. The molecule has 0 aliphatic rings. The van der Waals surface area contributed by atoms with Gasteiger partial charge in [-0.1, -0.05) is 71.0 Å². The summed E-state index contributed by atoms with van der Waals surface area (Å²) >= 11 is 0. The number of hydrogen-bond donors (Lipinski definition) is 0. The van der Waals surface area contributed by atoms with Crippen LogP contribution in [0.15, 0.2) is 75.7 Å². The van der Waals surface area contributed by atoms with Gasteiger partial charge >= 0.3 is 0 Å². The minimum Gasteiger partial charge on any atom is -0.461 e. The highest BCUT2D eigenvalue weighted by molar-refractivity contribution is 6.01. The topological polar surface area (TPSA) is 39.2 Å². The molecular weight excluding hydrogens is 466 g/mol. The molecule has 0 atom stereocenters. The van der Waals surface area contributed by atoms with Gasteiger partial charge in [-0.25, -0.2) is 0 Å². The Labute approximate surface area is 224 Å². The normalized spacial score (nSPS) is 12.4. The number of rotatable bonds is 4. The largest absolute Gasteiger partial charge is 0.461 e. The molecule has 3 nitrogen and oxygen atoms in total. The van der Waals surface area contributed by atoms with Crippen LogP contribution in [0, 0.1) is 19.8 Å². The molecule has 3 heterocycles. The summed E-state index contributed by atoms with van der Waals surface area (Å²) < 4.78 is 12.7. The molecule has 3 aromatic carbocycles. The van der Waals surface area contributed by atoms with Crippen LogP contribution in [-0.4, -0.2) is 4.98 Å². The fraction of sp³-hybridized carbons (Fsp3) is 0.286. The molecule has 0 radical (unpaired) electrons. The third kappa shape index (κ3) is 4.01. The van der Waals surface area contributed by atoms with Gasteiger partial charge in [0, 0.05) is 33.8 Å². The second kappa shape index (κ2) is 8.87. The van der Waals surface area contributed by atoms with E-state index in [1.54, 1.807) is 0 Å². The van der Waals surface area contributed by atoms with Gasteiger partial charge in [0.15, 0.2) is 0 Å². The van der Waals surface area contributed by atoms with Crippen molar-refractivity contribution in [2.45, 2.75) is 60.3 Å². The molecule has 0 amide bonds. The molecule has 0 spiro atoms. The van der Waals surface area contributed by atoms with E-state index in [0.29, 0.717) is 5.92 Å². The van der Waals surface area contributed by atoms with Crippen LogP contribution in [0.4, 0.5) is 0 Å². The lowest BCUT2D eigenvalue weighted by molar-refractivity contribution is 0.559. The molecule has 0 unspecified atom stereocenters. The van der Waals surface area contributed by atoms with E-state index in [-0.39, 0.29) is 5.41 Å². The van der Waals surface area contributed by atoms with Crippen LogP contribution in [-0.2, 0) is 11.8 Å². The van der Waals surface area contributed by atoms with Gasteiger partial charge in [0.25, 0.3) is 0 Å². The van der Waals surface area contributed by atoms with Crippen LogP contribution in [0.2, 0.25) is 0 Å². The fourth-order valence-electron chi connectivity index (χ4n) is 5.83. The summed E-state index contributed by atoms with van der Waals surface area (Å²) in [6.45, 7) is 15.5. The average molecular weight is 502 g/mol.